The first-order valence-electron chi connectivity index (χ1n) is 9.41. The molecule has 5 rings (SSSR count). The van der Waals surface area contributed by atoms with E-state index < -0.39 is 5.82 Å². The molecule has 0 spiro atoms. The summed E-state index contributed by atoms with van der Waals surface area (Å²) in [6.45, 7) is 1.94. The molecule has 4 nitrogen and oxygen atoms in total. The van der Waals surface area contributed by atoms with E-state index in [0.717, 1.165) is 58.7 Å². The molecule has 2 aromatic heterocycles. The van der Waals surface area contributed by atoms with Crippen LogP contribution in [0.5, 0.6) is 5.75 Å². The number of rotatable bonds is 2. The van der Waals surface area contributed by atoms with Gasteiger partial charge in [-0.1, -0.05) is 6.07 Å². The number of benzene rings is 2. The van der Waals surface area contributed by atoms with Crippen molar-refractivity contribution in [1.29, 1.82) is 0 Å². The minimum atomic E-state index is -0.420. The van der Waals surface area contributed by atoms with Gasteiger partial charge in [-0.15, -0.1) is 0 Å². The highest BCUT2D eigenvalue weighted by Crippen LogP contribution is 2.40. The van der Waals surface area contributed by atoms with Gasteiger partial charge in [-0.05, 0) is 67.5 Å². The van der Waals surface area contributed by atoms with Crippen LogP contribution in [-0.2, 0) is 12.8 Å². The number of furan rings is 1. The fourth-order valence-corrected chi connectivity index (χ4v) is 4.37. The molecule has 2 aromatic carbocycles. The smallest absolute Gasteiger partial charge is 0.339 e. The summed E-state index contributed by atoms with van der Waals surface area (Å²) >= 11 is 0. The summed E-state index contributed by atoms with van der Waals surface area (Å²) in [4.78, 5) is 12.4. The Kier molecular flexibility index (Phi) is 3.79. The lowest BCUT2D eigenvalue weighted by Crippen LogP contribution is -2.15. The Hall–Kier alpha value is -3.08. The van der Waals surface area contributed by atoms with Gasteiger partial charge in [0, 0.05) is 16.5 Å². The van der Waals surface area contributed by atoms with E-state index >= 15 is 0 Å². The number of halogens is 1. The van der Waals surface area contributed by atoms with E-state index in [-0.39, 0.29) is 11.4 Å². The van der Waals surface area contributed by atoms with E-state index in [1.807, 2.05) is 19.1 Å². The molecule has 142 valence electrons. The van der Waals surface area contributed by atoms with E-state index in [0.29, 0.717) is 16.7 Å². The fraction of sp³-hybridized carbons (Fsp3) is 0.261. The van der Waals surface area contributed by atoms with Crippen LogP contribution in [0.4, 0.5) is 4.39 Å². The molecule has 0 unspecified atom stereocenters. The van der Waals surface area contributed by atoms with Crippen LogP contribution in [0.25, 0.3) is 33.1 Å². The minimum absolute atomic E-state index is 0.203. The molecule has 0 radical (unpaired) electrons. The normalized spacial score (nSPS) is 13.8. The number of methoxy groups -OCH3 is 1. The van der Waals surface area contributed by atoms with Gasteiger partial charge in [-0.2, -0.15) is 0 Å². The Morgan fingerprint density at radius 2 is 1.86 bits per heavy atom. The maximum atomic E-state index is 14.3. The molecule has 0 atom stereocenters. The summed E-state index contributed by atoms with van der Waals surface area (Å²) in [6, 6.07) is 6.76. The van der Waals surface area contributed by atoms with Gasteiger partial charge in [0.05, 0.1) is 18.8 Å². The van der Waals surface area contributed by atoms with Crippen LogP contribution in [0.2, 0.25) is 0 Å². The summed E-state index contributed by atoms with van der Waals surface area (Å²) < 4.78 is 30.9. The van der Waals surface area contributed by atoms with Gasteiger partial charge in [0.1, 0.15) is 11.2 Å². The molecule has 0 bridgehead atoms. The zero-order valence-corrected chi connectivity index (χ0v) is 15.7. The van der Waals surface area contributed by atoms with Crippen LogP contribution in [0.15, 0.2) is 44.2 Å². The van der Waals surface area contributed by atoms with Crippen LogP contribution >= 0.6 is 0 Å². The first-order chi connectivity index (χ1) is 13.6. The molecule has 1 aliphatic carbocycles. The van der Waals surface area contributed by atoms with E-state index in [4.69, 9.17) is 13.6 Å². The lowest BCUT2D eigenvalue weighted by atomic mass is 9.89. The summed E-state index contributed by atoms with van der Waals surface area (Å²) in [6.07, 6.45) is 5.26. The Labute approximate surface area is 160 Å². The van der Waals surface area contributed by atoms with Crippen molar-refractivity contribution >= 4 is 21.9 Å². The second kappa shape index (κ2) is 6.23. The van der Waals surface area contributed by atoms with Crippen LogP contribution in [0.1, 0.15) is 29.5 Å². The van der Waals surface area contributed by atoms with Crippen LogP contribution in [-0.4, -0.2) is 7.11 Å². The largest absolute Gasteiger partial charge is 0.494 e. The van der Waals surface area contributed by atoms with Crippen molar-refractivity contribution in [3.63, 3.8) is 0 Å². The maximum absolute atomic E-state index is 14.3. The van der Waals surface area contributed by atoms with Gasteiger partial charge in [0.15, 0.2) is 11.6 Å². The van der Waals surface area contributed by atoms with E-state index in [1.165, 1.54) is 13.2 Å². The first-order valence-corrected chi connectivity index (χ1v) is 9.41. The molecule has 0 aliphatic heterocycles. The highest BCUT2D eigenvalue weighted by atomic mass is 19.1. The lowest BCUT2D eigenvalue weighted by Gasteiger charge is -2.16. The average molecular weight is 378 g/mol. The molecule has 0 saturated heterocycles. The van der Waals surface area contributed by atoms with Crippen LogP contribution in [0.3, 0.4) is 0 Å². The molecule has 0 saturated carbocycles. The molecule has 0 fully saturated rings. The second-order valence-corrected chi connectivity index (χ2v) is 7.32. The van der Waals surface area contributed by atoms with Crippen molar-refractivity contribution in [3.05, 3.63) is 63.5 Å². The Bertz CT molecular complexity index is 1300. The van der Waals surface area contributed by atoms with Crippen molar-refractivity contribution in [2.75, 3.05) is 7.11 Å². The molecular weight excluding hydrogens is 359 g/mol. The predicted octanol–water partition coefficient (Wildman–Crippen LogP) is 5.54. The highest BCUT2D eigenvalue weighted by molar-refractivity contribution is 6.11. The summed E-state index contributed by atoms with van der Waals surface area (Å²) in [7, 11) is 1.44. The van der Waals surface area contributed by atoms with Crippen LogP contribution < -0.4 is 10.4 Å². The monoisotopic (exact) mass is 378 g/mol. The van der Waals surface area contributed by atoms with Gasteiger partial charge >= 0.3 is 5.63 Å². The molecule has 2 heterocycles. The average Bonchev–Trinajstić information content (AvgIpc) is 3.13. The van der Waals surface area contributed by atoms with E-state index in [9.17, 15) is 9.18 Å². The number of hydrogen-bond acceptors (Lipinski definition) is 4. The zero-order chi connectivity index (χ0) is 19.4. The van der Waals surface area contributed by atoms with Gasteiger partial charge in [0.2, 0.25) is 0 Å². The van der Waals surface area contributed by atoms with E-state index in [1.54, 1.807) is 12.3 Å². The van der Waals surface area contributed by atoms with Gasteiger partial charge in [-0.3, -0.25) is 0 Å². The first kappa shape index (κ1) is 17.0. The Morgan fingerprint density at radius 3 is 2.61 bits per heavy atom. The van der Waals surface area contributed by atoms with Crippen molar-refractivity contribution in [2.24, 2.45) is 0 Å². The third-order valence-corrected chi connectivity index (χ3v) is 5.69. The fourth-order valence-electron chi connectivity index (χ4n) is 4.37. The molecule has 0 N–H and O–H groups in total. The second-order valence-electron chi connectivity index (χ2n) is 7.32. The molecule has 5 heteroatoms. The number of hydrogen-bond donors (Lipinski definition) is 0. The van der Waals surface area contributed by atoms with Gasteiger partial charge in [-0.25, -0.2) is 9.18 Å². The molecule has 0 amide bonds. The predicted molar refractivity (Wildman–Crippen MR) is 106 cm³/mol. The van der Waals surface area contributed by atoms with Gasteiger partial charge < -0.3 is 13.6 Å². The van der Waals surface area contributed by atoms with Gasteiger partial charge in [0.25, 0.3) is 0 Å². The van der Waals surface area contributed by atoms with Crippen molar-refractivity contribution < 1.29 is 18.0 Å². The standard InChI is InChI=1S/C23H19FO4/c1-12-9-19-21(14-5-3-4-6-15(14)23(25)28-19)22-20(12)16(11-27-22)13-7-8-18(26-2)17(24)10-13/h7-11H,3-6H2,1-2H3. The topological polar surface area (TPSA) is 52.6 Å². The highest BCUT2D eigenvalue weighted by Gasteiger charge is 2.23. The Balaban J connectivity index is 1.84. The Morgan fingerprint density at radius 1 is 1.07 bits per heavy atom. The summed E-state index contributed by atoms with van der Waals surface area (Å²) in [5.74, 6) is -0.217. The molecule has 1 aliphatic rings. The number of ether oxygens (including phenoxy) is 1. The number of fused-ring (bicyclic) bond motifs is 5. The zero-order valence-electron chi connectivity index (χ0n) is 15.7. The summed E-state index contributed by atoms with van der Waals surface area (Å²) in [5.41, 5.74) is 5.24. The van der Waals surface area contributed by atoms with Crippen molar-refractivity contribution in [1.82, 2.24) is 0 Å². The molecule has 4 aromatic rings. The van der Waals surface area contributed by atoms with Crippen molar-refractivity contribution in [2.45, 2.75) is 32.6 Å². The van der Waals surface area contributed by atoms with Crippen molar-refractivity contribution in [3.8, 4) is 16.9 Å². The molecule has 28 heavy (non-hydrogen) atoms. The minimum Gasteiger partial charge on any atom is -0.494 e. The SMILES string of the molecule is COc1ccc(-c2coc3c2c(C)cc2oc(=O)c4c(c23)CCCC4)cc1F. The third kappa shape index (κ3) is 2.39. The van der Waals surface area contributed by atoms with Crippen LogP contribution in [0, 0.1) is 12.7 Å². The maximum Gasteiger partial charge on any atom is 0.339 e. The van der Waals surface area contributed by atoms with E-state index in [2.05, 4.69) is 0 Å². The lowest BCUT2D eigenvalue weighted by molar-refractivity contribution is 0.386. The quantitative estimate of drug-likeness (QED) is 0.430. The third-order valence-electron chi connectivity index (χ3n) is 5.69. The summed E-state index contributed by atoms with van der Waals surface area (Å²) in [5, 5.41) is 1.79. The number of aryl methyl sites for hydroxylation is 2. The molecular formula is C23H19FO4.